The standard InChI is InChI=1S/C11H10BClFNO2/c1-16-6-7-2-8-3-9(13)4-10(12-17-14)11(8)15-5-7/h2-5,12H,6H2,1H3. The van der Waals surface area contributed by atoms with Gasteiger partial charge in [-0.1, -0.05) is 16.1 Å². The number of ether oxygens (including phenoxy) is 1. The lowest BCUT2D eigenvalue weighted by atomic mass is 9.86. The molecule has 6 heteroatoms. The van der Waals surface area contributed by atoms with Crippen LogP contribution in [0, 0.1) is 0 Å². The van der Waals surface area contributed by atoms with E-state index in [1.165, 1.54) is 0 Å². The fourth-order valence-corrected chi connectivity index (χ4v) is 1.99. The van der Waals surface area contributed by atoms with E-state index in [9.17, 15) is 4.53 Å². The lowest BCUT2D eigenvalue weighted by Gasteiger charge is -2.06. The van der Waals surface area contributed by atoms with Crippen LogP contribution in [-0.4, -0.2) is 19.6 Å². The molecule has 0 unspecified atom stereocenters. The summed E-state index contributed by atoms with van der Waals surface area (Å²) in [4.78, 5) is 7.92. The number of fused-ring (bicyclic) bond motifs is 1. The Morgan fingerprint density at radius 1 is 1.41 bits per heavy atom. The summed E-state index contributed by atoms with van der Waals surface area (Å²) in [7, 11) is 1.46. The number of benzene rings is 1. The molecule has 0 saturated carbocycles. The molecule has 0 radical (unpaired) electrons. The summed E-state index contributed by atoms with van der Waals surface area (Å²) < 4.78 is 17.0. The first-order chi connectivity index (χ1) is 8.24. The number of rotatable bonds is 4. The summed E-state index contributed by atoms with van der Waals surface area (Å²) in [5.74, 6) is 0. The average molecular weight is 253 g/mol. The topological polar surface area (TPSA) is 31.4 Å². The predicted octanol–water partition coefficient (Wildman–Crippen LogP) is 1.91. The molecule has 0 bridgehead atoms. The maximum atomic E-state index is 11.9. The van der Waals surface area contributed by atoms with Crippen LogP contribution in [-0.2, 0) is 16.2 Å². The van der Waals surface area contributed by atoms with E-state index in [-0.39, 0.29) is 7.48 Å². The van der Waals surface area contributed by atoms with E-state index in [1.807, 2.05) is 6.07 Å². The molecular weight excluding hydrogens is 243 g/mol. The van der Waals surface area contributed by atoms with Gasteiger partial charge >= 0.3 is 7.48 Å². The SMILES string of the molecule is COCc1cnc2c(BOF)cc(Cl)cc2c1. The van der Waals surface area contributed by atoms with Crippen LogP contribution in [0.4, 0.5) is 4.53 Å². The molecule has 0 N–H and O–H groups in total. The molecule has 0 spiro atoms. The minimum atomic E-state index is -0.159. The molecule has 0 amide bonds. The number of pyridine rings is 1. The minimum Gasteiger partial charge on any atom is -0.380 e. The molecule has 0 aliphatic heterocycles. The van der Waals surface area contributed by atoms with Crippen molar-refractivity contribution in [2.75, 3.05) is 7.11 Å². The largest absolute Gasteiger partial charge is 0.380 e. The van der Waals surface area contributed by atoms with Crippen LogP contribution in [0.25, 0.3) is 10.9 Å². The van der Waals surface area contributed by atoms with Gasteiger partial charge in [0.1, 0.15) is 0 Å². The Labute approximate surface area is 104 Å². The van der Waals surface area contributed by atoms with Crippen molar-refractivity contribution >= 4 is 35.4 Å². The van der Waals surface area contributed by atoms with Crippen molar-refractivity contribution < 1.29 is 14.1 Å². The van der Waals surface area contributed by atoms with Crippen molar-refractivity contribution in [1.82, 2.24) is 4.98 Å². The van der Waals surface area contributed by atoms with Crippen LogP contribution in [0.5, 0.6) is 0 Å². The summed E-state index contributed by atoms with van der Waals surface area (Å²) in [5.41, 5.74) is 2.25. The molecule has 17 heavy (non-hydrogen) atoms. The highest BCUT2D eigenvalue weighted by Crippen LogP contribution is 2.17. The van der Waals surface area contributed by atoms with Gasteiger partial charge < -0.3 is 4.74 Å². The van der Waals surface area contributed by atoms with Gasteiger partial charge in [-0.3, -0.25) is 9.84 Å². The van der Waals surface area contributed by atoms with E-state index in [2.05, 4.69) is 9.84 Å². The maximum absolute atomic E-state index is 11.9. The number of hydrogen-bond donors (Lipinski definition) is 0. The Kier molecular flexibility index (Phi) is 3.94. The molecule has 0 atom stereocenters. The van der Waals surface area contributed by atoms with Crippen molar-refractivity contribution in [3.63, 3.8) is 0 Å². The first-order valence-corrected chi connectivity index (χ1v) is 5.42. The van der Waals surface area contributed by atoms with Crippen molar-refractivity contribution in [3.8, 4) is 0 Å². The number of hydrogen-bond acceptors (Lipinski definition) is 3. The van der Waals surface area contributed by atoms with Gasteiger partial charge in [-0.25, -0.2) is 0 Å². The van der Waals surface area contributed by atoms with Gasteiger partial charge in [0.2, 0.25) is 0 Å². The number of aromatic nitrogens is 1. The first kappa shape index (κ1) is 12.3. The quantitative estimate of drug-likeness (QED) is 0.780. The fraction of sp³-hybridized carbons (Fsp3) is 0.182. The number of halogens is 2. The van der Waals surface area contributed by atoms with Gasteiger partial charge in [0.15, 0.2) is 0 Å². The van der Waals surface area contributed by atoms with Gasteiger partial charge in [-0.2, -0.15) is 0 Å². The maximum Gasteiger partial charge on any atom is 0.365 e. The second-order valence-electron chi connectivity index (χ2n) is 3.67. The third-order valence-electron chi connectivity index (χ3n) is 2.40. The van der Waals surface area contributed by atoms with E-state index < -0.39 is 0 Å². The zero-order chi connectivity index (χ0) is 12.3. The van der Waals surface area contributed by atoms with E-state index >= 15 is 0 Å². The Hall–Kier alpha value is -1.17. The van der Waals surface area contributed by atoms with Crippen LogP contribution in [0.15, 0.2) is 24.4 Å². The highest BCUT2D eigenvalue weighted by molar-refractivity contribution is 6.51. The van der Waals surface area contributed by atoms with E-state index in [0.29, 0.717) is 22.6 Å². The Morgan fingerprint density at radius 2 is 2.24 bits per heavy atom. The lowest BCUT2D eigenvalue weighted by Crippen LogP contribution is -2.17. The number of methoxy groups -OCH3 is 1. The highest BCUT2D eigenvalue weighted by Gasteiger charge is 2.08. The van der Waals surface area contributed by atoms with Crippen molar-refractivity contribution in [1.29, 1.82) is 0 Å². The summed E-state index contributed by atoms with van der Waals surface area (Å²) in [6.07, 6.45) is 1.70. The smallest absolute Gasteiger partial charge is 0.365 e. The molecule has 2 rings (SSSR count). The van der Waals surface area contributed by atoms with Gasteiger partial charge in [-0.15, -0.1) is 0 Å². The van der Waals surface area contributed by atoms with E-state index in [0.717, 1.165) is 10.9 Å². The molecule has 3 nitrogen and oxygen atoms in total. The molecule has 88 valence electrons. The van der Waals surface area contributed by atoms with E-state index in [4.69, 9.17) is 16.3 Å². The van der Waals surface area contributed by atoms with Crippen LogP contribution in [0.2, 0.25) is 5.02 Å². The fourth-order valence-electron chi connectivity index (χ4n) is 1.75. The molecule has 1 aromatic heterocycles. The monoisotopic (exact) mass is 253 g/mol. The first-order valence-electron chi connectivity index (χ1n) is 5.04. The molecule has 2 aromatic rings. The summed E-state index contributed by atoms with van der Waals surface area (Å²) in [5, 5.41) is 1.38. The highest BCUT2D eigenvalue weighted by atomic mass is 35.5. The number of nitrogens with zero attached hydrogens (tertiary/aromatic N) is 1. The molecular formula is C11H10BClFNO2. The Bertz CT molecular complexity index is 538. The van der Waals surface area contributed by atoms with Gasteiger partial charge in [-0.05, 0) is 29.2 Å². The Morgan fingerprint density at radius 3 is 2.94 bits per heavy atom. The Balaban J connectivity index is 2.54. The van der Waals surface area contributed by atoms with Crippen LogP contribution in [0.1, 0.15) is 5.56 Å². The van der Waals surface area contributed by atoms with Crippen molar-refractivity contribution in [3.05, 3.63) is 35.0 Å². The molecule has 1 aromatic carbocycles. The van der Waals surface area contributed by atoms with Gasteiger partial charge in [0.05, 0.1) is 12.1 Å². The summed E-state index contributed by atoms with van der Waals surface area (Å²) in [6, 6.07) is 5.34. The van der Waals surface area contributed by atoms with E-state index in [1.54, 1.807) is 25.4 Å². The van der Waals surface area contributed by atoms with Crippen molar-refractivity contribution in [2.24, 2.45) is 0 Å². The van der Waals surface area contributed by atoms with Crippen LogP contribution >= 0.6 is 11.6 Å². The van der Waals surface area contributed by atoms with Crippen molar-refractivity contribution in [2.45, 2.75) is 6.61 Å². The molecule has 0 aliphatic rings. The molecule has 0 saturated heterocycles. The second-order valence-corrected chi connectivity index (χ2v) is 4.10. The zero-order valence-corrected chi connectivity index (χ0v) is 10.00. The zero-order valence-electron chi connectivity index (χ0n) is 9.24. The molecule has 0 aliphatic carbocycles. The third-order valence-corrected chi connectivity index (χ3v) is 2.62. The minimum absolute atomic E-state index is 0.159. The van der Waals surface area contributed by atoms with Crippen LogP contribution in [0.3, 0.4) is 0 Å². The molecule has 1 heterocycles. The van der Waals surface area contributed by atoms with Gasteiger partial charge in [0, 0.05) is 23.7 Å². The summed E-state index contributed by atoms with van der Waals surface area (Å²) in [6.45, 7) is 0.477. The van der Waals surface area contributed by atoms with Crippen LogP contribution < -0.4 is 5.46 Å². The molecule has 0 fully saturated rings. The average Bonchev–Trinajstić information content (AvgIpc) is 2.29. The van der Waals surface area contributed by atoms with Gasteiger partial charge in [0.25, 0.3) is 0 Å². The third kappa shape index (κ3) is 2.75. The predicted molar refractivity (Wildman–Crippen MR) is 66.4 cm³/mol. The lowest BCUT2D eigenvalue weighted by molar-refractivity contribution is 0.000186. The second kappa shape index (κ2) is 5.45. The normalized spacial score (nSPS) is 10.8. The summed E-state index contributed by atoms with van der Waals surface area (Å²) >= 11 is 5.95.